The molecule has 0 spiro atoms. The van der Waals surface area contributed by atoms with Crippen molar-refractivity contribution >= 4 is 27.4 Å². The van der Waals surface area contributed by atoms with Gasteiger partial charge in [-0.05, 0) is 0 Å². The Balaban J connectivity index is 3.54. The number of sulfone groups is 1. The fourth-order valence-electron chi connectivity index (χ4n) is 0.904. The van der Waals surface area contributed by atoms with Gasteiger partial charge < -0.3 is 4.74 Å². The second kappa shape index (κ2) is 4.11. The van der Waals surface area contributed by atoms with Gasteiger partial charge >= 0.3 is 5.97 Å². The number of hydrogen-bond donors (Lipinski definition) is 0. The topological polar surface area (TPSA) is 86.2 Å². The minimum absolute atomic E-state index is 0.253. The van der Waals surface area contributed by atoms with Gasteiger partial charge in [0.05, 0.1) is 7.11 Å². The van der Waals surface area contributed by atoms with Crippen LogP contribution in [0.1, 0.15) is 10.4 Å². The first-order valence-electron chi connectivity index (χ1n) is 3.66. The molecule has 0 amide bonds. The van der Waals surface area contributed by atoms with Crippen molar-refractivity contribution < 1.29 is 17.9 Å². The van der Waals surface area contributed by atoms with Crippen LogP contribution in [0.3, 0.4) is 0 Å². The third kappa shape index (κ3) is 2.42. The largest absolute Gasteiger partial charge is 0.465 e. The van der Waals surface area contributed by atoms with Crippen LogP contribution in [-0.2, 0) is 14.6 Å². The zero-order valence-corrected chi connectivity index (χ0v) is 9.46. The minimum atomic E-state index is -3.65. The molecule has 0 unspecified atom stereocenters. The Hall–Kier alpha value is -1.21. The van der Waals surface area contributed by atoms with E-state index in [1.165, 1.54) is 0 Å². The van der Waals surface area contributed by atoms with Crippen molar-refractivity contribution in [2.24, 2.45) is 0 Å². The fraction of sp³-hybridized carbons (Fsp3) is 0.286. The molecule has 0 radical (unpaired) electrons. The fourth-order valence-corrected chi connectivity index (χ4v) is 1.96. The summed E-state index contributed by atoms with van der Waals surface area (Å²) in [5.41, 5.74) is -0.343. The molecule has 0 saturated heterocycles. The lowest BCUT2D eigenvalue weighted by atomic mass is 10.3. The smallest absolute Gasteiger partial charge is 0.343 e. The molecule has 0 aliphatic heterocycles. The number of hydrogen-bond acceptors (Lipinski definition) is 6. The maximum atomic E-state index is 11.3. The Morgan fingerprint density at radius 1 is 1.47 bits per heavy atom. The molecule has 82 valence electrons. The van der Waals surface area contributed by atoms with Crippen molar-refractivity contribution in [2.75, 3.05) is 13.4 Å². The van der Waals surface area contributed by atoms with Crippen molar-refractivity contribution in [3.8, 4) is 0 Å². The van der Waals surface area contributed by atoms with E-state index in [0.29, 0.717) is 0 Å². The summed E-state index contributed by atoms with van der Waals surface area (Å²) in [7, 11) is -2.54. The van der Waals surface area contributed by atoms with Crippen molar-refractivity contribution in [1.29, 1.82) is 0 Å². The van der Waals surface area contributed by atoms with Crippen LogP contribution in [0.5, 0.6) is 0 Å². The molecule has 15 heavy (non-hydrogen) atoms. The Kier molecular flexibility index (Phi) is 3.25. The summed E-state index contributed by atoms with van der Waals surface area (Å²) >= 11 is 5.59. The number of aromatic nitrogens is 2. The first-order chi connectivity index (χ1) is 6.88. The van der Waals surface area contributed by atoms with Crippen LogP contribution >= 0.6 is 11.6 Å². The van der Waals surface area contributed by atoms with E-state index < -0.39 is 20.8 Å². The normalized spacial score (nSPS) is 11.1. The molecule has 0 fully saturated rings. The maximum Gasteiger partial charge on any atom is 0.343 e. The Morgan fingerprint density at radius 2 is 2.07 bits per heavy atom. The summed E-state index contributed by atoms with van der Waals surface area (Å²) < 4.78 is 26.9. The highest BCUT2D eigenvalue weighted by molar-refractivity contribution is 7.90. The number of methoxy groups -OCH3 is 1. The summed E-state index contributed by atoms with van der Waals surface area (Å²) in [5, 5.41) is -0.688. The van der Waals surface area contributed by atoms with Crippen LogP contribution in [0.4, 0.5) is 0 Å². The van der Waals surface area contributed by atoms with Crippen molar-refractivity contribution in [3.63, 3.8) is 0 Å². The molecule has 0 atom stereocenters. The van der Waals surface area contributed by atoms with Crippen LogP contribution in [0, 0.1) is 0 Å². The highest BCUT2D eigenvalue weighted by atomic mass is 35.5. The van der Waals surface area contributed by atoms with E-state index >= 15 is 0 Å². The molecule has 1 rings (SSSR count). The number of halogens is 1. The SMILES string of the molecule is COC(=O)c1c(Cl)ncnc1S(C)(=O)=O. The van der Waals surface area contributed by atoms with Crippen LogP contribution in [0.15, 0.2) is 11.4 Å². The van der Waals surface area contributed by atoms with Gasteiger partial charge in [-0.25, -0.2) is 23.2 Å². The molecule has 0 bridgehead atoms. The van der Waals surface area contributed by atoms with E-state index in [-0.39, 0.29) is 10.7 Å². The zero-order chi connectivity index (χ0) is 11.6. The molecule has 0 aliphatic carbocycles. The molecule has 1 aromatic rings. The van der Waals surface area contributed by atoms with Gasteiger partial charge in [-0.3, -0.25) is 0 Å². The Labute approximate surface area is 91.2 Å². The summed E-state index contributed by atoms with van der Waals surface area (Å²) in [6.07, 6.45) is 1.88. The third-order valence-electron chi connectivity index (χ3n) is 1.51. The molecular formula is C7H7ClN2O4S. The number of esters is 1. The van der Waals surface area contributed by atoms with Gasteiger partial charge in [-0.1, -0.05) is 11.6 Å². The van der Waals surface area contributed by atoms with E-state index in [2.05, 4.69) is 14.7 Å². The molecule has 6 nitrogen and oxygen atoms in total. The van der Waals surface area contributed by atoms with Gasteiger partial charge in [0, 0.05) is 6.26 Å². The molecule has 8 heteroatoms. The molecule has 0 aromatic carbocycles. The van der Waals surface area contributed by atoms with E-state index in [1.807, 2.05) is 0 Å². The standard InChI is InChI=1S/C7H7ClN2O4S/c1-14-7(11)4-5(8)9-3-10-6(4)15(2,12)13/h3H,1-2H3. The van der Waals surface area contributed by atoms with Gasteiger partial charge in [0.15, 0.2) is 14.9 Å². The van der Waals surface area contributed by atoms with E-state index in [4.69, 9.17) is 11.6 Å². The lowest BCUT2D eigenvalue weighted by Crippen LogP contribution is -2.13. The molecule has 0 aliphatic rings. The summed E-state index contributed by atoms with van der Waals surface area (Å²) in [5.74, 6) is -0.888. The molecule has 1 aromatic heterocycles. The lowest BCUT2D eigenvalue weighted by molar-refractivity contribution is 0.0595. The number of carbonyl (C=O) groups excluding carboxylic acids is 1. The van der Waals surface area contributed by atoms with Gasteiger partial charge in [-0.2, -0.15) is 0 Å². The number of carbonyl (C=O) groups is 1. The number of nitrogens with zero attached hydrogens (tertiary/aromatic N) is 2. The van der Waals surface area contributed by atoms with E-state index in [9.17, 15) is 13.2 Å². The van der Waals surface area contributed by atoms with E-state index in [0.717, 1.165) is 19.7 Å². The molecular weight excluding hydrogens is 244 g/mol. The summed E-state index contributed by atoms with van der Waals surface area (Å²) in [6, 6.07) is 0. The Bertz CT molecular complexity index is 500. The average Bonchev–Trinajstić information content (AvgIpc) is 2.15. The van der Waals surface area contributed by atoms with Crippen molar-refractivity contribution in [1.82, 2.24) is 9.97 Å². The zero-order valence-electron chi connectivity index (χ0n) is 7.89. The van der Waals surface area contributed by atoms with Crippen LogP contribution < -0.4 is 0 Å². The van der Waals surface area contributed by atoms with Crippen LogP contribution in [-0.4, -0.2) is 37.7 Å². The maximum absolute atomic E-state index is 11.3. The van der Waals surface area contributed by atoms with E-state index in [1.54, 1.807) is 0 Å². The number of rotatable bonds is 2. The van der Waals surface area contributed by atoms with Gasteiger partial charge in [0.2, 0.25) is 0 Å². The van der Waals surface area contributed by atoms with Gasteiger partial charge in [0.25, 0.3) is 0 Å². The first-order valence-corrected chi connectivity index (χ1v) is 5.93. The molecule has 0 N–H and O–H groups in total. The van der Waals surface area contributed by atoms with Gasteiger partial charge in [0.1, 0.15) is 17.0 Å². The Morgan fingerprint density at radius 3 is 2.53 bits per heavy atom. The minimum Gasteiger partial charge on any atom is -0.465 e. The highest BCUT2D eigenvalue weighted by Gasteiger charge is 2.24. The third-order valence-corrected chi connectivity index (χ3v) is 2.81. The first kappa shape index (κ1) is 11.9. The van der Waals surface area contributed by atoms with Gasteiger partial charge in [-0.15, -0.1) is 0 Å². The lowest BCUT2D eigenvalue weighted by Gasteiger charge is -2.05. The molecule has 0 saturated carbocycles. The van der Waals surface area contributed by atoms with Crippen molar-refractivity contribution in [3.05, 3.63) is 17.0 Å². The average molecular weight is 251 g/mol. The predicted molar refractivity (Wildman–Crippen MR) is 51.5 cm³/mol. The summed E-state index contributed by atoms with van der Waals surface area (Å²) in [6.45, 7) is 0. The second-order valence-corrected chi connectivity index (χ2v) is 4.90. The highest BCUT2D eigenvalue weighted by Crippen LogP contribution is 2.20. The second-order valence-electron chi connectivity index (χ2n) is 2.61. The van der Waals surface area contributed by atoms with Crippen LogP contribution in [0.2, 0.25) is 5.15 Å². The molecule has 1 heterocycles. The number of ether oxygens (including phenoxy) is 1. The van der Waals surface area contributed by atoms with Crippen molar-refractivity contribution in [2.45, 2.75) is 5.03 Å². The predicted octanol–water partition coefficient (Wildman–Crippen LogP) is 0.320. The quantitative estimate of drug-likeness (QED) is 0.555. The van der Waals surface area contributed by atoms with Crippen LogP contribution in [0.25, 0.3) is 0 Å². The monoisotopic (exact) mass is 250 g/mol. The summed E-state index contributed by atoms with van der Waals surface area (Å²) in [4.78, 5) is 18.3.